The van der Waals surface area contributed by atoms with Gasteiger partial charge in [-0.25, -0.2) is 9.48 Å². The van der Waals surface area contributed by atoms with E-state index in [9.17, 15) is 14.4 Å². The lowest BCUT2D eigenvalue weighted by Crippen LogP contribution is -2.49. The highest BCUT2D eigenvalue weighted by Gasteiger charge is 2.24. The largest absolute Gasteiger partial charge is 0.445 e. The van der Waals surface area contributed by atoms with Crippen molar-refractivity contribution in [3.05, 3.63) is 58.4 Å². The van der Waals surface area contributed by atoms with E-state index in [-0.39, 0.29) is 30.7 Å². The molecule has 0 aliphatic carbocycles. The zero-order valence-corrected chi connectivity index (χ0v) is 17.9. The van der Waals surface area contributed by atoms with Crippen molar-refractivity contribution >= 4 is 17.8 Å². The van der Waals surface area contributed by atoms with Crippen LogP contribution in [0.25, 0.3) is 0 Å². The molecule has 170 valence electrons. The Bertz CT molecular complexity index is 982. The fourth-order valence-electron chi connectivity index (χ4n) is 3.69. The summed E-state index contributed by atoms with van der Waals surface area (Å²) in [5.41, 5.74) is 0.621. The summed E-state index contributed by atoms with van der Waals surface area (Å²) < 4.78 is 11.9. The standard InChI is InChI=1S/C22H27N5O5/c28-20-7-6-19(23-27(20)16-21(29)25-12-14-31-15-13-25)24-8-10-26(11-9-24)22(30)32-17-18-4-2-1-3-5-18/h1-7H,8-17H2. The van der Waals surface area contributed by atoms with Crippen molar-refractivity contribution in [3.63, 3.8) is 0 Å². The first-order chi connectivity index (χ1) is 15.6. The monoisotopic (exact) mass is 441 g/mol. The molecule has 3 heterocycles. The van der Waals surface area contributed by atoms with E-state index in [4.69, 9.17) is 9.47 Å². The van der Waals surface area contributed by atoms with Crippen LogP contribution in [0, 0.1) is 0 Å². The summed E-state index contributed by atoms with van der Waals surface area (Å²) in [6, 6.07) is 12.6. The maximum Gasteiger partial charge on any atom is 0.410 e. The number of ether oxygens (including phenoxy) is 2. The average molecular weight is 441 g/mol. The molecule has 2 aliphatic rings. The minimum absolute atomic E-state index is 0.0988. The van der Waals surface area contributed by atoms with Crippen molar-refractivity contribution < 1.29 is 19.1 Å². The SMILES string of the molecule is O=C(Cn1nc(N2CCN(C(=O)OCc3ccccc3)CC2)ccc1=O)N1CCOCC1. The van der Waals surface area contributed by atoms with E-state index in [2.05, 4.69) is 5.10 Å². The number of rotatable bonds is 5. The lowest BCUT2D eigenvalue weighted by atomic mass is 10.2. The summed E-state index contributed by atoms with van der Waals surface area (Å²) in [4.78, 5) is 42.4. The molecule has 10 heteroatoms. The van der Waals surface area contributed by atoms with Crippen LogP contribution in [0.4, 0.5) is 10.6 Å². The second-order valence-electron chi connectivity index (χ2n) is 7.69. The maximum absolute atomic E-state index is 12.5. The zero-order chi connectivity index (χ0) is 22.3. The van der Waals surface area contributed by atoms with Crippen LogP contribution in [0.1, 0.15) is 5.56 Å². The third kappa shape index (κ3) is 5.44. The van der Waals surface area contributed by atoms with E-state index in [1.54, 1.807) is 15.9 Å². The van der Waals surface area contributed by atoms with Gasteiger partial charge in [0, 0.05) is 45.3 Å². The van der Waals surface area contributed by atoms with Gasteiger partial charge in [0.05, 0.1) is 13.2 Å². The van der Waals surface area contributed by atoms with E-state index in [0.717, 1.165) is 5.56 Å². The molecule has 4 rings (SSSR count). The van der Waals surface area contributed by atoms with Crippen molar-refractivity contribution in [2.24, 2.45) is 0 Å². The summed E-state index contributed by atoms with van der Waals surface area (Å²) >= 11 is 0. The Morgan fingerprint density at radius 2 is 1.62 bits per heavy atom. The number of carbonyl (C=O) groups excluding carboxylic acids is 2. The second kappa shape index (κ2) is 10.3. The molecule has 2 aromatic rings. The molecule has 0 saturated carbocycles. The highest BCUT2D eigenvalue weighted by Crippen LogP contribution is 2.13. The molecule has 0 radical (unpaired) electrons. The van der Waals surface area contributed by atoms with E-state index in [1.807, 2.05) is 35.2 Å². The van der Waals surface area contributed by atoms with Gasteiger partial charge >= 0.3 is 6.09 Å². The van der Waals surface area contributed by atoms with Gasteiger partial charge in [-0.05, 0) is 11.6 Å². The van der Waals surface area contributed by atoms with Gasteiger partial charge in [-0.15, -0.1) is 0 Å². The normalized spacial score (nSPS) is 16.7. The van der Waals surface area contributed by atoms with Gasteiger partial charge in [0.15, 0.2) is 0 Å². The molecule has 0 unspecified atom stereocenters. The second-order valence-corrected chi connectivity index (χ2v) is 7.69. The van der Waals surface area contributed by atoms with Gasteiger partial charge in [-0.1, -0.05) is 30.3 Å². The van der Waals surface area contributed by atoms with E-state index in [0.29, 0.717) is 58.3 Å². The first-order valence-electron chi connectivity index (χ1n) is 10.7. The number of amides is 2. The summed E-state index contributed by atoms with van der Waals surface area (Å²) in [6.45, 7) is 4.29. The fourth-order valence-corrected chi connectivity index (χ4v) is 3.69. The quantitative estimate of drug-likeness (QED) is 0.669. The molecule has 32 heavy (non-hydrogen) atoms. The summed E-state index contributed by atoms with van der Waals surface area (Å²) in [5.74, 6) is 0.461. The number of benzene rings is 1. The molecule has 2 fully saturated rings. The van der Waals surface area contributed by atoms with Crippen LogP contribution in [-0.4, -0.2) is 84.1 Å². The Balaban J connectivity index is 1.31. The van der Waals surface area contributed by atoms with Crippen molar-refractivity contribution in [3.8, 4) is 0 Å². The summed E-state index contributed by atoms with van der Waals surface area (Å²) in [5, 5.41) is 4.39. The molecule has 1 aromatic carbocycles. The maximum atomic E-state index is 12.5. The van der Waals surface area contributed by atoms with Crippen LogP contribution in [-0.2, 0) is 27.4 Å². The Morgan fingerprint density at radius 3 is 2.34 bits per heavy atom. The molecule has 10 nitrogen and oxygen atoms in total. The van der Waals surface area contributed by atoms with Crippen LogP contribution in [0.15, 0.2) is 47.3 Å². The number of piperazine rings is 1. The molecule has 2 saturated heterocycles. The van der Waals surface area contributed by atoms with Gasteiger partial charge < -0.3 is 24.2 Å². The van der Waals surface area contributed by atoms with Crippen LogP contribution in [0.2, 0.25) is 0 Å². The molecular formula is C22H27N5O5. The highest BCUT2D eigenvalue weighted by atomic mass is 16.6. The molecular weight excluding hydrogens is 414 g/mol. The zero-order valence-electron chi connectivity index (χ0n) is 17.9. The Kier molecular flexibility index (Phi) is 7.00. The number of hydrogen-bond donors (Lipinski definition) is 0. The molecule has 0 bridgehead atoms. The minimum Gasteiger partial charge on any atom is -0.445 e. The van der Waals surface area contributed by atoms with Crippen LogP contribution < -0.4 is 10.5 Å². The van der Waals surface area contributed by atoms with Crippen molar-refractivity contribution in [2.75, 3.05) is 57.4 Å². The van der Waals surface area contributed by atoms with Crippen molar-refractivity contribution in [1.82, 2.24) is 19.6 Å². The van der Waals surface area contributed by atoms with Gasteiger partial charge in [0.25, 0.3) is 5.56 Å². The van der Waals surface area contributed by atoms with Gasteiger partial charge in [-0.2, -0.15) is 5.10 Å². The van der Waals surface area contributed by atoms with Crippen molar-refractivity contribution in [1.29, 1.82) is 0 Å². The molecule has 2 amide bonds. The minimum atomic E-state index is -0.345. The summed E-state index contributed by atoms with van der Waals surface area (Å²) in [6.07, 6.45) is -0.345. The van der Waals surface area contributed by atoms with E-state index < -0.39 is 0 Å². The molecule has 1 aromatic heterocycles. The van der Waals surface area contributed by atoms with Crippen molar-refractivity contribution in [2.45, 2.75) is 13.2 Å². The van der Waals surface area contributed by atoms with Crippen LogP contribution in [0.5, 0.6) is 0 Å². The molecule has 2 aliphatic heterocycles. The van der Waals surface area contributed by atoms with Gasteiger partial charge in [0.1, 0.15) is 19.0 Å². The molecule has 0 spiro atoms. The lowest BCUT2D eigenvalue weighted by Gasteiger charge is -2.34. The number of carbonyl (C=O) groups is 2. The fraction of sp³-hybridized carbons (Fsp3) is 0.455. The Hall–Kier alpha value is -3.40. The predicted molar refractivity (Wildman–Crippen MR) is 116 cm³/mol. The van der Waals surface area contributed by atoms with Gasteiger partial charge in [0.2, 0.25) is 5.91 Å². The predicted octanol–water partition coefficient (Wildman–Crippen LogP) is 0.561. The third-order valence-corrected chi connectivity index (χ3v) is 5.57. The van der Waals surface area contributed by atoms with Crippen LogP contribution >= 0.6 is 0 Å². The highest BCUT2D eigenvalue weighted by molar-refractivity contribution is 5.76. The number of hydrogen-bond acceptors (Lipinski definition) is 7. The summed E-state index contributed by atoms with van der Waals surface area (Å²) in [7, 11) is 0. The average Bonchev–Trinajstić information content (AvgIpc) is 2.85. The first kappa shape index (κ1) is 21.8. The first-order valence-corrected chi connectivity index (χ1v) is 10.7. The Labute approximate surface area is 185 Å². The number of nitrogens with zero attached hydrogens (tertiary/aromatic N) is 5. The third-order valence-electron chi connectivity index (χ3n) is 5.57. The Morgan fingerprint density at radius 1 is 0.906 bits per heavy atom. The number of aromatic nitrogens is 2. The molecule has 0 atom stereocenters. The smallest absolute Gasteiger partial charge is 0.410 e. The van der Waals surface area contributed by atoms with Crippen LogP contribution in [0.3, 0.4) is 0 Å². The molecule has 0 N–H and O–H groups in total. The van der Waals surface area contributed by atoms with E-state index in [1.165, 1.54) is 10.7 Å². The lowest BCUT2D eigenvalue weighted by molar-refractivity contribution is -0.136. The topological polar surface area (TPSA) is 97.2 Å². The van der Waals surface area contributed by atoms with Gasteiger partial charge in [-0.3, -0.25) is 9.59 Å². The van der Waals surface area contributed by atoms with E-state index >= 15 is 0 Å². The number of anilines is 1. The number of morpholine rings is 1.